The van der Waals surface area contributed by atoms with E-state index in [9.17, 15) is 0 Å². The quantitative estimate of drug-likeness (QED) is 0.789. The molecule has 0 radical (unpaired) electrons. The Morgan fingerprint density at radius 1 is 1.25 bits per heavy atom. The second-order valence-electron chi connectivity index (χ2n) is 3.87. The van der Waals surface area contributed by atoms with Crippen LogP contribution in [0.15, 0.2) is 24.3 Å². The van der Waals surface area contributed by atoms with E-state index in [0.29, 0.717) is 6.10 Å². The van der Waals surface area contributed by atoms with Crippen LogP contribution >= 0.6 is 11.6 Å². The molecule has 1 aromatic rings. The van der Waals surface area contributed by atoms with Crippen LogP contribution in [-0.2, 0) is 0 Å². The molecule has 0 aliphatic carbocycles. The number of rotatable bonds is 7. The number of benzene rings is 1. The molecule has 0 aromatic heterocycles. The van der Waals surface area contributed by atoms with E-state index >= 15 is 0 Å². The molecule has 0 spiro atoms. The van der Waals surface area contributed by atoms with Crippen molar-refractivity contribution in [2.45, 2.75) is 32.3 Å². The van der Waals surface area contributed by atoms with Crippen LogP contribution in [0.4, 0.5) is 0 Å². The van der Waals surface area contributed by atoms with Crippen LogP contribution in [0.5, 0.6) is 5.75 Å². The van der Waals surface area contributed by atoms with Crippen LogP contribution < -0.4 is 10.1 Å². The molecule has 2 nitrogen and oxygen atoms in total. The molecule has 0 heterocycles. The number of ether oxygens (including phenoxy) is 1. The van der Waals surface area contributed by atoms with Crippen LogP contribution in [0.3, 0.4) is 0 Å². The summed E-state index contributed by atoms with van der Waals surface area (Å²) in [4.78, 5) is 0. The van der Waals surface area contributed by atoms with Crippen molar-refractivity contribution < 1.29 is 4.74 Å². The predicted molar refractivity (Wildman–Crippen MR) is 69.3 cm³/mol. The SMILES string of the molecule is CCC[C@H](CCNC)Oc1ccc(Cl)cc1. The molecule has 0 saturated carbocycles. The van der Waals surface area contributed by atoms with Gasteiger partial charge in [-0.2, -0.15) is 0 Å². The maximum Gasteiger partial charge on any atom is 0.119 e. The first-order valence-electron chi connectivity index (χ1n) is 5.83. The van der Waals surface area contributed by atoms with Gasteiger partial charge in [-0.3, -0.25) is 0 Å². The van der Waals surface area contributed by atoms with Gasteiger partial charge in [-0.15, -0.1) is 0 Å². The van der Waals surface area contributed by atoms with Gasteiger partial charge in [0.2, 0.25) is 0 Å². The third-order valence-electron chi connectivity index (χ3n) is 2.44. The summed E-state index contributed by atoms with van der Waals surface area (Å²) in [5.74, 6) is 0.902. The van der Waals surface area contributed by atoms with E-state index in [1.165, 1.54) is 0 Å². The molecule has 16 heavy (non-hydrogen) atoms. The molecule has 1 atom stereocenters. The highest BCUT2D eigenvalue weighted by Crippen LogP contribution is 2.19. The average Bonchev–Trinajstić information content (AvgIpc) is 2.29. The smallest absolute Gasteiger partial charge is 0.119 e. The van der Waals surface area contributed by atoms with E-state index in [0.717, 1.165) is 36.6 Å². The molecule has 1 aromatic carbocycles. The first-order chi connectivity index (χ1) is 7.76. The van der Waals surface area contributed by atoms with Crippen LogP contribution in [0.2, 0.25) is 5.02 Å². The van der Waals surface area contributed by atoms with E-state index in [-0.39, 0.29) is 0 Å². The summed E-state index contributed by atoms with van der Waals surface area (Å²) < 4.78 is 5.91. The second kappa shape index (κ2) is 7.53. The summed E-state index contributed by atoms with van der Waals surface area (Å²) in [6.45, 7) is 3.16. The van der Waals surface area contributed by atoms with Gasteiger partial charge in [-0.25, -0.2) is 0 Å². The Kier molecular flexibility index (Phi) is 6.27. The molecule has 90 valence electrons. The zero-order valence-corrected chi connectivity index (χ0v) is 10.8. The molecular formula is C13H20ClNO. The van der Waals surface area contributed by atoms with Gasteiger partial charge >= 0.3 is 0 Å². The zero-order chi connectivity index (χ0) is 11.8. The maximum absolute atomic E-state index is 5.91. The largest absolute Gasteiger partial charge is 0.490 e. The molecule has 0 bridgehead atoms. The van der Waals surface area contributed by atoms with Gasteiger partial charge < -0.3 is 10.1 Å². The fourth-order valence-electron chi connectivity index (χ4n) is 1.60. The van der Waals surface area contributed by atoms with Gasteiger partial charge in [0, 0.05) is 5.02 Å². The normalized spacial score (nSPS) is 12.4. The number of hydrogen-bond donors (Lipinski definition) is 1. The van der Waals surface area contributed by atoms with Gasteiger partial charge in [0.25, 0.3) is 0 Å². The fraction of sp³-hybridized carbons (Fsp3) is 0.538. The van der Waals surface area contributed by atoms with Crippen molar-refractivity contribution >= 4 is 11.6 Å². The van der Waals surface area contributed by atoms with Gasteiger partial charge in [0.15, 0.2) is 0 Å². The Morgan fingerprint density at radius 3 is 2.50 bits per heavy atom. The highest BCUT2D eigenvalue weighted by atomic mass is 35.5. The van der Waals surface area contributed by atoms with Crippen LogP contribution in [0.25, 0.3) is 0 Å². The Morgan fingerprint density at radius 2 is 1.94 bits per heavy atom. The highest BCUT2D eigenvalue weighted by molar-refractivity contribution is 6.30. The summed E-state index contributed by atoms with van der Waals surface area (Å²) in [5, 5.41) is 3.90. The molecule has 1 N–H and O–H groups in total. The Hall–Kier alpha value is -0.730. The summed E-state index contributed by atoms with van der Waals surface area (Å²) in [6.07, 6.45) is 3.55. The number of nitrogens with one attached hydrogen (secondary N) is 1. The van der Waals surface area contributed by atoms with E-state index in [2.05, 4.69) is 12.2 Å². The molecule has 0 unspecified atom stereocenters. The lowest BCUT2D eigenvalue weighted by Crippen LogP contribution is -2.22. The molecule has 0 fully saturated rings. The van der Waals surface area contributed by atoms with Crippen LogP contribution in [-0.4, -0.2) is 19.7 Å². The third kappa shape index (κ3) is 4.86. The summed E-state index contributed by atoms with van der Waals surface area (Å²) in [5.41, 5.74) is 0. The monoisotopic (exact) mass is 241 g/mol. The fourth-order valence-corrected chi connectivity index (χ4v) is 1.72. The Bertz CT molecular complexity index is 286. The minimum absolute atomic E-state index is 0.290. The van der Waals surface area contributed by atoms with Crippen molar-refractivity contribution in [1.82, 2.24) is 5.32 Å². The highest BCUT2D eigenvalue weighted by Gasteiger charge is 2.08. The first-order valence-corrected chi connectivity index (χ1v) is 6.21. The van der Waals surface area contributed by atoms with Crippen molar-refractivity contribution in [1.29, 1.82) is 0 Å². The van der Waals surface area contributed by atoms with Crippen LogP contribution in [0.1, 0.15) is 26.2 Å². The van der Waals surface area contributed by atoms with Gasteiger partial charge in [-0.05, 0) is 50.7 Å². The summed E-state index contributed by atoms with van der Waals surface area (Å²) in [7, 11) is 1.96. The zero-order valence-electron chi connectivity index (χ0n) is 10.0. The lowest BCUT2D eigenvalue weighted by Gasteiger charge is -2.18. The lowest BCUT2D eigenvalue weighted by atomic mass is 10.1. The van der Waals surface area contributed by atoms with Gasteiger partial charge in [0.05, 0.1) is 6.10 Å². The van der Waals surface area contributed by atoms with Gasteiger partial charge in [0.1, 0.15) is 5.75 Å². The second-order valence-corrected chi connectivity index (χ2v) is 4.31. The maximum atomic E-state index is 5.91. The topological polar surface area (TPSA) is 21.3 Å². The van der Waals surface area contributed by atoms with Crippen LogP contribution in [0, 0.1) is 0 Å². The summed E-state index contributed by atoms with van der Waals surface area (Å²) >= 11 is 5.83. The number of hydrogen-bond acceptors (Lipinski definition) is 2. The van der Waals surface area contributed by atoms with Crippen molar-refractivity contribution in [2.75, 3.05) is 13.6 Å². The molecule has 1 rings (SSSR count). The van der Waals surface area contributed by atoms with Crippen molar-refractivity contribution in [2.24, 2.45) is 0 Å². The predicted octanol–water partition coefficient (Wildman–Crippen LogP) is 3.50. The molecule has 0 aliphatic rings. The van der Waals surface area contributed by atoms with Crippen molar-refractivity contribution in [3.05, 3.63) is 29.3 Å². The Labute approximate surface area is 103 Å². The molecule has 0 saturated heterocycles. The standard InChI is InChI=1S/C13H20ClNO/c1-3-4-12(9-10-15-2)16-13-7-5-11(14)6-8-13/h5-8,12,15H,3-4,9-10H2,1-2H3/t12-/m1/s1. The minimum Gasteiger partial charge on any atom is -0.490 e. The van der Waals surface area contributed by atoms with E-state index < -0.39 is 0 Å². The summed E-state index contributed by atoms with van der Waals surface area (Å²) in [6, 6.07) is 7.56. The van der Waals surface area contributed by atoms with E-state index in [4.69, 9.17) is 16.3 Å². The first kappa shape index (κ1) is 13.3. The average molecular weight is 242 g/mol. The number of halogens is 1. The minimum atomic E-state index is 0.290. The van der Waals surface area contributed by atoms with E-state index in [1.807, 2.05) is 31.3 Å². The molecule has 3 heteroatoms. The van der Waals surface area contributed by atoms with Crippen molar-refractivity contribution in [3.8, 4) is 5.75 Å². The van der Waals surface area contributed by atoms with Crippen molar-refractivity contribution in [3.63, 3.8) is 0 Å². The molecule has 0 amide bonds. The van der Waals surface area contributed by atoms with Gasteiger partial charge in [-0.1, -0.05) is 24.9 Å². The van der Waals surface area contributed by atoms with E-state index in [1.54, 1.807) is 0 Å². The lowest BCUT2D eigenvalue weighted by molar-refractivity contribution is 0.180. The Balaban J connectivity index is 2.49. The molecule has 0 aliphatic heterocycles. The third-order valence-corrected chi connectivity index (χ3v) is 2.70. The molecular weight excluding hydrogens is 222 g/mol.